The van der Waals surface area contributed by atoms with Gasteiger partial charge >= 0.3 is 0 Å². The summed E-state index contributed by atoms with van der Waals surface area (Å²) in [4.78, 5) is 0. The van der Waals surface area contributed by atoms with Gasteiger partial charge in [0.15, 0.2) is 0 Å². The van der Waals surface area contributed by atoms with Crippen molar-refractivity contribution in [3.05, 3.63) is 19.7 Å². The number of rotatable bonds is 5. The van der Waals surface area contributed by atoms with E-state index in [1.807, 2.05) is 6.07 Å². The quantitative estimate of drug-likeness (QED) is 0.891. The van der Waals surface area contributed by atoms with Crippen molar-refractivity contribution in [3.63, 3.8) is 0 Å². The monoisotopic (exact) mass is 321 g/mol. The predicted molar refractivity (Wildman–Crippen MR) is 79.8 cm³/mol. The van der Waals surface area contributed by atoms with E-state index in [1.54, 1.807) is 11.3 Å². The van der Waals surface area contributed by atoms with Crippen molar-refractivity contribution in [1.29, 1.82) is 0 Å². The maximum atomic E-state index is 6.09. The molecule has 0 fully saturated rings. The maximum absolute atomic E-state index is 6.09. The summed E-state index contributed by atoms with van der Waals surface area (Å²) in [5, 5.41) is 13.4. The van der Waals surface area contributed by atoms with Crippen LogP contribution in [0, 0.1) is 5.92 Å². The van der Waals surface area contributed by atoms with Gasteiger partial charge in [-0.05, 0) is 18.5 Å². The molecule has 7 heteroatoms. The molecule has 0 saturated heterocycles. The van der Waals surface area contributed by atoms with E-state index in [4.69, 9.17) is 23.2 Å². The number of nitrogens with zero attached hydrogens (tertiary/aromatic N) is 2. The molecular weight excluding hydrogens is 309 g/mol. The molecular formula is C11H13Cl2N3S2. The molecule has 98 valence electrons. The molecule has 0 aliphatic carbocycles. The fraction of sp³-hybridized carbons (Fsp3) is 0.455. The second kappa shape index (κ2) is 6.30. The van der Waals surface area contributed by atoms with Crippen LogP contribution >= 0.6 is 45.9 Å². The van der Waals surface area contributed by atoms with Gasteiger partial charge < -0.3 is 5.32 Å². The summed E-state index contributed by atoms with van der Waals surface area (Å²) >= 11 is 14.9. The van der Waals surface area contributed by atoms with Crippen LogP contribution in [0.25, 0.3) is 10.6 Å². The minimum atomic E-state index is 0.627. The lowest BCUT2D eigenvalue weighted by Crippen LogP contribution is -2.18. The summed E-state index contributed by atoms with van der Waals surface area (Å²) in [5.74, 6) is 0.627. The van der Waals surface area contributed by atoms with Gasteiger partial charge in [-0.2, -0.15) is 0 Å². The van der Waals surface area contributed by atoms with E-state index >= 15 is 0 Å². The van der Waals surface area contributed by atoms with Crippen molar-refractivity contribution in [3.8, 4) is 10.6 Å². The molecule has 2 heterocycles. The van der Waals surface area contributed by atoms with Crippen molar-refractivity contribution in [2.75, 3.05) is 6.54 Å². The predicted octanol–water partition coefficient (Wildman–Crippen LogP) is 4.32. The van der Waals surface area contributed by atoms with Gasteiger partial charge in [-0.1, -0.05) is 48.4 Å². The first-order valence-electron chi connectivity index (χ1n) is 5.54. The van der Waals surface area contributed by atoms with Crippen LogP contribution in [-0.4, -0.2) is 16.7 Å². The van der Waals surface area contributed by atoms with Crippen LogP contribution in [0.5, 0.6) is 0 Å². The molecule has 2 rings (SSSR count). The van der Waals surface area contributed by atoms with Gasteiger partial charge in [-0.15, -0.1) is 21.5 Å². The highest BCUT2D eigenvalue weighted by Gasteiger charge is 2.13. The molecule has 0 atom stereocenters. The summed E-state index contributed by atoms with van der Waals surface area (Å²) < 4.78 is 1.34. The highest BCUT2D eigenvalue weighted by atomic mass is 35.5. The zero-order chi connectivity index (χ0) is 13.1. The Hall–Kier alpha value is -0.200. The lowest BCUT2D eigenvalue weighted by atomic mass is 10.2. The fourth-order valence-electron chi connectivity index (χ4n) is 1.39. The summed E-state index contributed by atoms with van der Waals surface area (Å²) in [6.07, 6.45) is 0. The van der Waals surface area contributed by atoms with Crippen LogP contribution < -0.4 is 5.32 Å². The molecule has 2 aromatic rings. The summed E-state index contributed by atoms with van der Waals surface area (Å²) in [6.45, 7) is 6.06. The lowest BCUT2D eigenvalue weighted by Gasteiger charge is -2.03. The molecule has 0 amide bonds. The maximum Gasteiger partial charge on any atom is 0.150 e. The smallest absolute Gasteiger partial charge is 0.150 e. The summed E-state index contributed by atoms with van der Waals surface area (Å²) in [7, 11) is 0. The van der Waals surface area contributed by atoms with Crippen molar-refractivity contribution in [2.24, 2.45) is 5.92 Å². The van der Waals surface area contributed by atoms with Gasteiger partial charge in [0.1, 0.15) is 14.4 Å². The molecule has 18 heavy (non-hydrogen) atoms. The second-order valence-electron chi connectivity index (χ2n) is 4.26. The van der Waals surface area contributed by atoms with E-state index in [9.17, 15) is 0 Å². The number of hydrogen-bond acceptors (Lipinski definition) is 5. The Morgan fingerprint density at radius 2 is 2.06 bits per heavy atom. The minimum absolute atomic E-state index is 0.627. The number of aromatic nitrogens is 2. The summed E-state index contributed by atoms with van der Waals surface area (Å²) in [5.41, 5.74) is 0.874. The van der Waals surface area contributed by atoms with E-state index in [1.165, 1.54) is 11.3 Å². The normalized spacial score (nSPS) is 11.4. The van der Waals surface area contributed by atoms with Crippen LogP contribution in [0.15, 0.2) is 6.07 Å². The SMILES string of the molecule is CC(C)CNCc1nnc(-c2cc(Cl)sc2Cl)s1. The first-order valence-corrected chi connectivity index (χ1v) is 7.93. The highest BCUT2D eigenvalue weighted by Crippen LogP contribution is 2.39. The number of halogens is 2. The first kappa shape index (κ1) is 14.2. The van der Waals surface area contributed by atoms with Crippen LogP contribution in [0.2, 0.25) is 8.67 Å². The molecule has 3 nitrogen and oxygen atoms in total. The van der Waals surface area contributed by atoms with Gasteiger partial charge in [0, 0.05) is 12.1 Å². The van der Waals surface area contributed by atoms with Gasteiger partial charge in [0.25, 0.3) is 0 Å². The van der Waals surface area contributed by atoms with Crippen molar-refractivity contribution < 1.29 is 0 Å². The number of thiophene rings is 1. The zero-order valence-electron chi connectivity index (χ0n) is 10.0. The van der Waals surface area contributed by atoms with E-state index < -0.39 is 0 Å². The molecule has 0 spiro atoms. The van der Waals surface area contributed by atoms with Gasteiger partial charge in [0.05, 0.1) is 4.34 Å². The molecule has 0 radical (unpaired) electrons. The average Bonchev–Trinajstić information content (AvgIpc) is 2.85. The van der Waals surface area contributed by atoms with E-state index in [0.29, 0.717) is 14.6 Å². The van der Waals surface area contributed by atoms with E-state index in [0.717, 1.165) is 28.7 Å². The van der Waals surface area contributed by atoms with Crippen molar-refractivity contribution in [2.45, 2.75) is 20.4 Å². The Bertz CT molecular complexity index is 522. The van der Waals surface area contributed by atoms with E-state index in [2.05, 4.69) is 29.4 Å². The Labute approximate surface area is 124 Å². The highest BCUT2D eigenvalue weighted by molar-refractivity contribution is 7.21. The Morgan fingerprint density at radius 1 is 1.28 bits per heavy atom. The minimum Gasteiger partial charge on any atom is -0.310 e. The summed E-state index contributed by atoms with van der Waals surface area (Å²) in [6, 6.07) is 1.83. The van der Waals surface area contributed by atoms with Crippen LogP contribution in [-0.2, 0) is 6.54 Å². The Morgan fingerprint density at radius 3 is 2.67 bits per heavy atom. The molecule has 0 aliphatic heterocycles. The van der Waals surface area contributed by atoms with Gasteiger partial charge in [0.2, 0.25) is 0 Å². The topological polar surface area (TPSA) is 37.8 Å². The third-order valence-electron chi connectivity index (χ3n) is 2.18. The number of nitrogens with one attached hydrogen (secondary N) is 1. The van der Waals surface area contributed by atoms with Crippen LogP contribution in [0.4, 0.5) is 0 Å². The largest absolute Gasteiger partial charge is 0.310 e. The lowest BCUT2D eigenvalue weighted by molar-refractivity contribution is 0.550. The Balaban J connectivity index is 2.04. The van der Waals surface area contributed by atoms with Gasteiger partial charge in [-0.3, -0.25) is 0 Å². The van der Waals surface area contributed by atoms with Crippen LogP contribution in [0.1, 0.15) is 18.9 Å². The zero-order valence-corrected chi connectivity index (χ0v) is 13.2. The molecule has 0 aliphatic rings. The first-order chi connectivity index (χ1) is 8.56. The molecule has 0 aromatic carbocycles. The molecule has 2 aromatic heterocycles. The number of hydrogen-bond donors (Lipinski definition) is 1. The third-order valence-corrected chi connectivity index (χ3v) is 4.63. The fourth-order valence-corrected chi connectivity index (χ4v) is 3.81. The van der Waals surface area contributed by atoms with Crippen molar-refractivity contribution >= 4 is 45.9 Å². The molecule has 0 saturated carbocycles. The average molecular weight is 322 g/mol. The molecule has 1 N–H and O–H groups in total. The van der Waals surface area contributed by atoms with Crippen molar-refractivity contribution in [1.82, 2.24) is 15.5 Å². The third kappa shape index (κ3) is 3.65. The second-order valence-corrected chi connectivity index (χ2v) is 7.61. The standard InChI is InChI=1S/C11H13Cl2N3S2/c1-6(2)4-14-5-9-15-16-11(18-9)7-3-8(12)17-10(7)13/h3,6,14H,4-5H2,1-2H3. The van der Waals surface area contributed by atoms with Crippen LogP contribution in [0.3, 0.4) is 0 Å². The Kier molecular flexibility index (Phi) is 4.98. The molecule has 0 unspecified atom stereocenters. The van der Waals surface area contributed by atoms with Gasteiger partial charge in [-0.25, -0.2) is 0 Å². The van der Waals surface area contributed by atoms with E-state index in [-0.39, 0.29) is 0 Å². The molecule has 0 bridgehead atoms.